The number of nitrogens with zero attached hydrogens (tertiary/aromatic N) is 1. The van der Waals surface area contributed by atoms with Crippen LogP contribution in [-0.4, -0.2) is 23.9 Å². The van der Waals surface area contributed by atoms with Crippen LogP contribution in [0.4, 0.5) is 0 Å². The van der Waals surface area contributed by atoms with Gasteiger partial charge in [-0.15, -0.1) is 0 Å². The zero-order chi connectivity index (χ0) is 11.9. The number of aryl methyl sites for hydroxylation is 1. The molecule has 2 nitrogen and oxygen atoms in total. The summed E-state index contributed by atoms with van der Waals surface area (Å²) in [7, 11) is 0. The third-order valence-electron chi connectivity index (χ3n) is 4.63. The lowest BCUT2D eigenvalue weighted by Gasteiger charge is -2.39. The van der Waals surface area contributed by atoms with Gasteiger partial charge >= 0.3 is 0 Å². The predicted octanol–water partition coefficient (Wildman–Crippen LogP) is 2.51. The Kier molecular flexibility index (Phi) is 2.46. The molecule has 1 amide bonds. The number of likely N-dealkylation sites (tertiary alicyclic amines) is 1. The third-order valence-corrected chi connectivity index (χ3v) is 4.63. The van der Waals surface area contributed by atoms with E-state index >= 15 is 0 Å². The molecule has 1 fully saturated rings. The molecule has 0 aromatic heterocycles. The Morgan fingerprint density at radius 3 is 2.59 bits per heavy atom. The zero-order valence-electron chi connectivity index (χ0n) is 10.4. The molecular formula is C15H19NO. The van der Waals surface area contributed by atoms with Gasteiger partial charge in [0.15, 0.2) is 0 Å². The standard InChI is InChI=1S/C15H19NO/c1-12(17)16-10-8-15(9-11-16)7-6-13-4-2-3-5-14(13)15/h2-5H,6-11H2,1H3. The summed E-state index contributed by atoms with van der Waals surface area (Å²) in [6.45, 7) is 3.55. The van der Waals surface area contributed by atoms with Crippen LogP contribution in [0.15, 0.2) is 24.3 Å². The number of piperidine rings is 1. The molecule has 1 spiro atoms. The van der Waals surface area contributed by atoms with Gasteiger partial charge in [0, 0.05) is 20.0 Å². The number of hydrogen-bond acceptors (Lipinski definition) is 1. The molecule has 0 radical (unpaired) electrons. The molecule has 1 aliphatic heterocycles. The van der Waals surface area contributed by atoms with Crippen LogP contribution >= 0.6 is 0 Å². The van der Waals surface area contributed by atoms with Crippen molar-refractivity contribution in [3.63, 3.8) is 0 Å². The Hall–Kier alpha value is -1.31. The second-order valence-corrected chi connectivity index (χ2v) is 5.44. The molecule has 2 heteroatoms. The lowest BCUT2D eigenvalue weighted by Crippen LogP contribution is -2.43. The SMILES string of the molecule is CC(=O)N1CCC2(CCc3ccccc32)CC1. The first-order chi connectivity index (χ1) is 8.21. The molecule has 2 aliphatic rings. The summed E-state index contributed by atoms with van der Waals surface area (Å²) >= 11 is 0. The van der Waals surface area contributed by atoms with Gasteiger partial charge in [-0.3, -0.25) is 4.79 Å². The fourth-order valence-electron chi connectivity index (χ4n) is 3.53. The number of benzene rings is 1. The van der Waals surface area contributed by atoms with Crippen molar-refractivity contribution in [1.82, 2.24) is 4.90 Å². The summed E-state index contributed by atoms with van der Waals surface area (Å²) in [6, 6.07) is 8.86. The van der Waals surface area contributed by atoms with Gasteiger partial charge in [-0.2, -0.15) is 0 Å². The maximum Gasteiger partial charge on any atom is 0.219 e. The average Bonchev–Trinajstić information content (AvgIpc) is 2.70. The van der Waals surface area contributed by atoms with Crippen LogP contribution in [0.2, 0.25) is 0 Å². The molecule has 1 aromatic rings. The number of rotatable bonds is 0. The Morgan fingerprint density at radius 2 is 1.88 bits per heavy atom. The smallest absolute Gasteiger partial charge is 0.219 e. The fraction of sp³-hybridized carbons (Fsp3) is 0.533. The van der Waals surface area contributed by atoms with Crippen LogP contribution in [0, 0.1) is 0 Å². The van der Waals surface area contributed by atoms with Gasteiger partial charge in [0.25, 0.3) is 0 Å². The van der Waals surface area contributed by atoms with Crippen molar-refractivity contribution in [3.8, 4) is 0 Å². The van der Waals surface area contributed by atoms with E-state index in [0.29, 0.717) is 5.41 Å². The summed E-state index contributed by atoms with van der Waals surface area (Å²) < 4.78 is 0. The Morgan fingerprint density at radius 1 is 1.18 bits per heavy atom. The predicted molar refractivity (Wildman–Crippen MR) is 67.9 cm³/mol. The number of fused-ring (bicyclic) bond motifs is 2. The van der Waals surface area contributed by atoms with Crippen molar-refractivity contribution < 1.29 is 4.79 Å². The zero-order valence-corrected chi connectivity index (χ0v) is 10.4. The van der Waals surface area contributed by atoms with Crippen molar-refractivity contribution in [2.45, 2.75) is 38.0 Å². The maximum absolute atomic E-state index is 11.4. The summed E-state index contributed by atoms with van der Waals surface area (Å²) in [5, 5.41) is 0. The van der Waals surface area contributed by atoms with E-state index in [2.05, 4.69) is 24.3 Å². The summed E-state index contributed by atoms with van der Waals surface area (Å²) in [6.07, 6.45) is 4.78. The van der Waals surface area contributed by atoms with Crippen LogP contribution < -0.4 is 0 Å². The van der Waals surface area contributed by atoms with Crippen LogP contribution in [0.5, 0.6) is 0 Å². The number of carbonyl (C=O) groups is 1. The summed E-state index contributed by atoms with van der Waals surface area (Å²) in [5.74, 6) is 0.228. The second-order valence-electron chi connectivity index (χ2n) is 5.44. The van der Waals surface area contributed by atoms with Crippen molar-refractivity contribution >= 4 is 5.91 Å². The maximum atomic E-state index is 11.4. The van der Waals surface area contributed by atoms with E-state index in [1.54, 1.807) is 12.5 Å². The average molecular weight is 229 g/mol. The largest absolute Gasteiger partial charge is 0.343 e. The summed E-state index contributed by atoms with van der Waals surface area (Å²) in [4.78, 5) is 13.4. The van der Waals surface area contributed by atoms with Crippen LogP contribution in [0.25, 0.3) is 0 Å². The first kappa shape index (κ1) is 10.8. The minimum atomic E-state index is 0.228. The minimum absolute atomic E-state index is 0.228. The number of carbonyl (C=O) groups excluding carboxylic acids is 1. The van der Waals surface area contributed by atoms with Crippen molar-refractivity contribution in [1.29, 1.82) is 0 Å². The molecule has 1 aliphatic carbocycles. The Bertz CT molecular complexity index is 444. The van der Waals surface area contributed by atoms with Crippen LogP contribution in [0.3, 0.4) is 0 Å². The third kappa shape index (κ3) is 1.67. The van der Waals surface area contributed by atoms with Crippen LogP contribution in [-0.2, 0) is 16.6 Å². The topological polar surface area (TPSA) is 20.3 Å². The number of amides is 1. The molecule has 0 unspecified atom stereocenters. The van der Waals surface area contributed by atoms with E-state index in [0.717, 1.165) is 25.9 Å². The highest BCUT2D eigenvalue weighted by Crippen LogP contribution is 2.45. The highest BCUT2D eigenvalue weighted by Gasteiger charge is 2.41. The van der Waals surface area contributed by atoms with Crippen LogP contribution in [0.1, 0.15) is 37.3 Å². The molecule has 0 saturated carbocycles. The second kappa shape index (κ2) is 3.86. The van der Waals surface area contributed by atoms with Gasteiger partial charge < -0.3 is 4.90 Å². The van der Waals surface area contributed by atoms with E-state index in [1.807, 2.05) is 4.90 Å². The van der Waals surface area contributed by atoms with E-state index in [4.69, 9.17) is 0 Å². The highest BCUT2D eigenvalue weighted by molar-refractivity contribution is 5.73. The molecule has 0 N–H and O–H groups in total. The Balaban J connectivity index is 1.85. The fourth-order valence-corrected chi connectivity index (χ4v) is 3.53. The van der Waals surface area contributed by atoms with Gasteiger partial charge in [-0.05, 0) is 42.2 Å². The van der Waals surface area contributed by atoms with E-state index in [-0.39, 0.29) is 5.91 Å². The quantitative estimate of drug-likeness (QED) is 0.669. The minimum Gasteiger partial charge on any atom is -0.343 e. The molecular weight excluding hydrogens is 210 g/mol. The molecule has 1 aromatic carbocycles. The molecule has 1 heterocycles. The molecule has 17 heavy (non-hydrogen) atoms. The van der Waals surface area contributed by atoms with E-state index < -0.39 is 0 Å². The highest BCUT2D eigenvalue weighted by atomic mass is 16.2. The first-order valence-corrected chi connectivity index (χ1v) is 6.55. The van der Waals surface area contributed by atoms with Crippen molar-refractivity contribution in [3.05, 3.63) is 35.4 Å². The van der Waals surface area contributed by atoms with Gasteiger partial charge in [0.05, 0.1) is 0 Å². The van der Waals surface area contributed by atoms with Gasteiger partial charge in [-0.25, -0.2) is 0 Å². The molecule has 0 bridgehead atoms. The van der Waals surface area contributed by atoms with Gasteiger partial charge in [0.2, 0.25) is 5.91 Å². The van der Waals surface area contributed by atoms with Gasteiger partial charge in [0.1, 0.15) is 0 Å². The van der Waals surface area contributed by atoms with Crippen molar-refractivity contribution in [2.24, 2.45) is 0 Å². The Labute approximate surface area is 103 Å². The summed E-state index contributed by atoms with van der Waals surface area (Å²) in [5.41, 5.74) is 3.47. The van der Waals surface area contributed by atoms with Gasteiger partial charge in [-0.1, -0.05) is 24.3 Å². The molecule has 0 atom stereocenters. The lowest BCUT2D eigenvalue weighted by molar-refractivity contribution is -0.130. The molecule has 1 saturated heterocycles. The molecule has 90 valence electrons. The number of hydrogen-bond donors (Lipinski definition) is 0. The molecule has 3 rings (SSSR count). The normalized spacial score (nSPS) is 21.6. The van der Waals surface area contributed by atoms with E-state index in [9.17, 15) is 4.79 Å². The van der Waals surface area contributed by atoms with E-state index in [1.165, 1.54) is 18.4 Å². The van der Waals surface area contributed by atoms with Crippen molar-refractivity contribution in [2.75, 3.05) is 13.1 Å². The first-order valence-electron chi connectivity index (χ1n) is 6.55. The monoisotopic (exact) mass is 229 g/mol. The lowest BCUT2D eigenvalue weighted by atomic mass is 9.74.